The standard InChI is InChI=1S/C26H30N2O2S/c1-2-3-4-5-6-19-7-11-21(12-8-19)24-15-27-25(31-24)22-13-9-20(10-14-22)16-28-17-23(18-28)26(29)30/h7-15,23H,2-6,16-18H2,1H3,(H,29,30). The van der Waals surface area contributed by atoms with E-state index in [2.05, 4.69) is 65.3 Å². The van der Waals surface area contributed by atoms with Crippen molar-refractivity contribution in [1.82, 2.24) is 9.88 Å². The Hall–Kier alpha value is -2.50. The van der Waals surface area contributed by atoms with Gasteiger partial charge in [-0.2, -0.15) is 0 Å². The van der Waals surface area contributed by atoms with E-state index in [1.165, 1.54) is 47.3 Å². The summed E-state index contributed by atoms with van der Waals surface area (Å²) >= 11 is 1.72. The van der Waals surface area contributed by atoms with Gasteiger partial charge in [0, 0.05) is 31.4 Å². The Morgan fingerprint density at radius 1 is 1.00 bits per heavy atom. The van der Waals surface area contributed by atoms with E-state index in [-0.39, 0.29) is 5.92 Å². The molecule has 1 saturated heterocycles. The van der Waals surface area contributed by atoms with E-state index >= 15 is 0 Å². The number of thiazole rings is 1. The number of nitrogens with zero attached hydrogens (tertiary/aromatic N) is 2. The van der Waals surface area contributed by atoms with Gasteiger partial charge in [0.05, 0.1) is 10.8 Å². The largest absolute Gasteiger partial charge is 0.481 e. The van der Waals surface area contributed by atoms with Crippen LogP contribution < -0.4 is 0 Å². The number of hydrogen-bond acceptors (Lipinski definition) is 4. The first kappa shape index (κ1) is 21.7. The molecule has 2 aromatic carbocycles. The first-order chi connectivity index (χ1) is 15.1. The van der Waals surface area contributed by atoms with Gasteiger partial charge in [0.1, 0.15) is 5.01 Å². The van der Waals surface area contributed by atoms with Gasteiger partial charge in [-0.25, -0.2) is 4.98 Å². The zero-order valence-corrected chi connectivity index (χ0v) is 18.9. The van der Waals surface area contributed by atoms with E-state index < -0.39 is 5.97 Å². The minimum atomic E-state index is -0.687. The number of aryl methyl sites for hydroxylation is 1. The van der Waals surface area contributed by atoms with Crippen LogP contribution in [0.1, 0.15) is 43.7 Å². The second-order valence-corrected chi connectivity index (χ2v) is 9.49. The van der Waals surface area contributed by atoms with Gasteiger partial charge in [-0.1, -0.05) is 74.7 Å². The molecule has 4 rings (SSSR count). The third-order valence-electron chi connectivity index (χ3n) is 5.98. The summed E-state index contributed by atoms with van der Waals surface area (Å²) in [5.74, 6) is -0.893. The van der Waals surface area contributed by atoms with Crippen LogP contribution in [0.5, 0.6) is 0 Å². The van der Waals surface area contributed by atoms with E-state index in [9.17, 15) is 4.79 Å². The molecule has 1 aliphatic heterocycles. The fourth-order valence-electron chi connectivity index (χ4n) is 4.00. The van der Waals surface area contributed by atoms with Crippen molar-refractivity contribution in [2.75, 3.05) is 13.1 Å². The van der Waals surface area contributed by atoms with Gasteiger partial charge < -0.3 is 5.11 Å². The Kier molecular flexibility index (Phi) is 7.15. The maximum absolute atomic E-state index is 10.9. The van der Waals surface area contributed by atoms with Crippen molar-refractivity contribution >= 4 is 17.3 Å². The number of rotatable bonds is 10. The number of benzene rings is 2. The summed E-state index contributed by atoms with van der Waals surface area (Å²) in [7, 11) is 0. The summed E-state index contributed by atoms with van der Waals surface area (Å²) in [6.45, 7) is 4.34. The van der Waals surface area contributed by atoms with Crippen LogP contribution >= 0.6 is 11.3 Å². The van der Waals surface area contributed by atoms with Gasteiger partial charge in [-0.3, -0.25) is 9.69 Å². The average molecular weight is 435 g/mol. The summed E-state index contributed by atoms with van der Waals surface area (Å²) < 4.78 is 0. The van der Waals surface area contributed by atoms with Crippen molar-refractivity contribution < 1.29 is 9.90 Å². The molecule has 0 aliphatic carbocycles. The normalized spacial score (nSPS) is 14.5. The SMILES string of the molecule is CCCCCCc1ccc(-c2cnc(-c3ccc(CN4CC(C(=O)O)C4)cc3)s2)cc1. The van der Waals surface area contributed by atoms with Crippen molar-refractivity contribution in [1.29, 1.82) is 0 Å². The number of likely N-dealkylation sites (tertiary alicyclic amines) is 1. The second kappa shape index (κ2) is 10.2. The zero-order chi connectivity index (χ0) is 21.6. The maximum atomic E-state index is 10.9. The van der Waals surface area contributed by atoms with Crippen LogP contribution in [0.15, 0.2) is 54.7 Å². The number of aromatic nitrogens is 1. The van der Waals surface area contributed by atoms with Crippen molar-refractivity contribution in [3.63, 3.8) is 0 Å². The minimum Gasteiger partial charge on any atom is -0.481 e. The Balaban J connectivity index is 1.33. The van der Waals surface area contributed by atoms with Crippen LogP contribution in [0.3, 0.4) is 0 Å². The predicted molar refractivity (Wildman–Crippen MR) is 127 cm³/mol. The van der Waals surface area contributed by atoms with Crippen LogP contribution in [0.4, 0.5) is 0 Å². The highest BCUT2D eigenvalue weighted by atomic mass is 32.1. The van der Waals surface area contributed by atoms with E-state index in [4.69, 9.17) is 5.11 Å². The van der Waals surface area contributed by atoms with E-state index in [0.717, 1.165) is 23.5 Å². The molecule has 4 nitrogen and oxygen atoms in total. The van der Waals surface area contributed by atoms with Crippen molar-refractivity contribution in [2.24, 2.45) is 5.92 Å². The summed E-state index contributed by atoms with van der Waals surface area (Å²) in [4.78, 5) is 18.9. The minimum absolute atomic E-state index is 0.205. The Bertz CT molecular complexity index is 989. The molecule has 1 fully saturated rings. The molecular weight excluding hydrogens is 404 g/mol. The van der Waals surface area contributed by atoms with Crippen LogP contribution in [-0.2, 0) is 17.8 Å². The molecule has 2 heterocycles. The topological polar surface area (TPSA) is 53.4 Å². The lowest BCUT2D eigenvalue weighted by atomic mass is 9.99. The van der Waals surface area contributed by atoms with Gasteiger partial charge in [0.2, 0.25) is 0 Å². The summed E-state index contributed by atoms with van der Waals surface area (Å²) in [5, 5.41) is 10.0. The Morgan fingerprint density at radius 2 is 1.68 bits per heavy atom. The van der Waals surface area contributed by atoms with Crippen LogP contribution in [0.25, 0.3) is 21.0 Å². The molecule has 0 unspecified atom stereocenters. The van der Waals surface area contributed by atoms with Crippen molar-refractivity contribution in [2.45, 2.75) is 45.6 Å². The smallest absolute Gasteiger partial charge is 0.309 e. The molecule has 0 bridgehead atoms. The molecule has 3 aromatic rings. The molecule has 1 aliphatic rings. The summed E-state index contributed by atoms with van der Waals surface area (Å²) in [6.07, 6.45) is 8.32. The van der Waals surface area contributed by atoms with Crippen molar-refractivity contribution in [3.8, 4) is 21.0 Å². The molecule has 0 amide bonds. The van der Waals surface area contributed by atoms with Crippen LogP contribution in [0, 0.1) is 5.92 Å². The van der Waals surface area contributed by atoms with Gasteiger partial charge in [0.15, 0.2) is 0 Å². The number of aliphatic carboxylic acids is 1. The highest BCUT2D eigenvalue weighted by molar-refractivity contribution is 7.18. The van der Waals surface area contributed by atoms with Gasteiger partial charge in [0.25, 0.3) is 0 Å². The molecule has 0 radical (unpaired) electrons. The highest BCUT2D eigenvalue weighted by Gasteiger charge is 2.32. The Labute approximate surface area is 188 Å². The number of carboxylic acid groups (broad SMARTS) is 1. The molecule has 1 N–H and O–H groups in total. The van der Waals surface area contributed by atoms with E-state index in [0.29, 0.717) is 13.1 Å². The third-order valence-corrected chi connectivity index (χ3v) is 7.07. The first-order valence-electron chi connectivity index (χ1n) is 11.2. The number of unbranched alkanes of at least 4 members (excludes halogenated alkanes) is 3. The quantitative estimate of drug-likeness (QED) is 0.391. The zero-order valence-electron chi connectivity index (χ0n) is 18.1. The summed E-state index contributed by atoms with van der Waals surface area (Å²) in [6, 6.07) is 17.4. The first-order valence-corrected chi connectivity index (χ1v) is 12.0. The molecule has 0 atom stereocenters. The lowest BCUT2D eigenvalue weighted by Gasteiger charge is -2.36. The van der Waals surface area contributed by atoms with E-state index in [1.54, 1.807) is 11.3 Å². The monoisotopic (exact) mass is 434 g/mol. The highest BCUT2D eigenvalue weighted by Crippen LogP contribution is 2.32. The van der Waals surface area contributed by atoms with Gasteiger partial charge in [-0.15, -0.1) is 11.3 Å². The molecule has 0 saturated carbocycles. The number of carbonyl (C=O) groups is 1. The molecule has 0 spiro atoms. The molecule has 162 valence electrons. The van der Waals surface area contributed by atoms with Crippen LogP contribution in [-0.4, -0.2) is 34.0 Å². The lowest BCUT2D eigenvalue weighted by Crippen LogP contribution is -2.49. The molecule has 31 heavy (non-hydrogen) atoms. The van der Waals surface area contributed by atoms with Crippen LogP contribution in [0.2, 0.25) is 0 Å². The number of hydrogen-bond donors (Lipinski definition) is 1. The third kappa shape index (κ3) is 5.60. The fraction of sp³-hybridized carbons (Fsp3) is 0.385. The van der Waals surface area contributed by atoms with E-state index in [1.807, 2.05) is 6.20 Å². The predicted octanol–water partition coefficient (Wildman–Crippen LogP) is 6.12. The lowest BCUT2D eigenvalue weighted by molar-refractivity contribution is -0.147. The molecule has 5 heteroatoms. The molecular formula is C26H30N2O2S. The number of carboxylic acids is 1. The van der Waals surface area contributed by atoms with Gasteiger partial charge in [-0.05, 0) is 29.5 Å². The second-order valence-electron chi connectivity index (χ2n) is 8.46. The Morgan fingerprint density at radius 3 is 2.35 bits per heavy atom. The summed E-state index contributed by atoms with van der Waals surface area (Å²) in [5.41, 5.74) is 4.97. The molecule has 1 aromatic heterocycles. The average Bonchev–Trinajstić information content (AvgIpc) is 3.24. The van der Waals surface area contributed by atoms with Crippen molar-refractivity contribution in [3.05, 3.63) is 65.9 Å². The fourth-order valence-corrected chi connectivity index (χ4v) is 4.93. The van der Waals surface area contributed by atoms with Gasteiger partial charge >= 0.3 is 5.97 Å². The maximum Gasteiger partial charge on any atom is 0.309 e.